The van der Waals surface area contributed by atoms with Crippen molar-refractivity contribution in [3.63, 3.8) is 0 Å². The number of carbonyl (C=O) groups is 1. The Morgan fingerprint density at radius 2 is 1.83 bits per heavy atom. The van der Waals surface area contributed by atoms with Crippen LogP contribution in [-0.2, 0) is 17.8 Å². The Morgan fingerprint density at radius 3 is 2.48 bits per heavy atom. The molecule has 1 aliphatic rings. The van der Waals surface area contributed by atoms with Crippen LogP contribution in [0.5, 0.6) is 11.5 Å². The number of fused-ring (bicyclic) bond motifs is 1. The summed E-state index contributed by atoms with van der Waals surface area (Å²) in [4.78, 5) is 14.8. The topological polar surface area (TPSA) is 50.8 Å². The van der Waals surface area contributed by atoms with Crippen molar-refractivity contribution in [3.8, 4) is 11.5 Å². The van der Waals surface area contributed by atoms with Crippen molar-refractivity contribution in [3.05, 3.63) is 59.2 Å². The van der Waals surface area contributed by atoms with Crippen LogP contribution in [0.25, 0.3) is 0 Å². The number of amides is 1. The molecule has 156 valence electrons. The summed E-state index contributed by atoms with van der Waals surface area (Å²) >= 11 is 0. The van der Waals surface area contributed by atoms with Gasteiger partial charge in [-0.15, -0.1) is 0 Å². The summed E-state index contributed by atoms with van der Waals surface area (Å²) in [6.45, 7) is 6.49. The molecule has 0 unspecified atom stereocenters. The maximum Gasteiger partial charge on any atom is 0.220 e. The standard InChI is InChI=1S/C24H32N2O3/c1-17(2)12-24(27)25-15-21-20-14-23(29-4)22(28-3)13-19(20)10-11-26(21)16-18-8-6-5-7-9-18/h5-9,13-14,17,21H,10-12,15-16H2,1-4H3,(H,25,27)/t21-/m0/s1. The number of hydrogen-bond donors (Lipinski definition) is 1. The smallest absolute Gasteiger partial charge is 0.220 e. The number of methoxy groups -OCH3 is 2. The van der Waals surface area contributed by atoms with Gasteiger partial charge in [-0.05, 0) is 41.2 Å². The summed E-state index contributed by atoms with van der Waals surface area (Å²) in [5.74, 6) is 1.93. The molecule has 0 spiro atoms. The van der Waals surface area contributed by atoms with E-state index in [1.54, 1.807) is 14.2 Å². The van der Waals surface area contributed by atoms with E-state index in [1.165, 1.54) is 16.7 Å². The molecule has 1 amide bonds. The lowest BCUT2D eigenvalue weighted by molar-refractivity contribution is -0.122. The molecule has 0 fully saturated rings. The van der Waals surface area contributed by atoms with Crippen LogP contribution in [0.1, 0.15) is 43.0 Å². The summed E-state index contributed by atoms with van der Waals surface area (Å²) in [5, 5.41) is 3.15. The highest BCUT2D eigenvalue weighted by Crippen LogP contribution is 2.38. The third-order valence-electron chi connectivity index (χ3n) is 5.43. The fourth-order valence-electron chi connectivity index (χ4n) is 3.98. The minimum absolute atomic E-state index is 0.0925. The summed E-state index contributed by atoms with van der Waals surface area (Å²) in [7, 11) is 3.33. The zero-order valence-electron chi connectivity index (χ0n) is 17.9. The number of nitrogens with zero attached hydrogens (tertiary/aromatic N) is 1. The van der Waals surface area contributed by atoms with Gasteiger partial charge in [-0.25, -0.2) is 0 Å². The first-order valence-corrected chi connectivity index (χ1v) is 10.3. The molecule has 1 aliphatic heterocycles. The lowest BCUT2D eigenvalue weighted by atomic mass is 9.91. The predicted octanol–water partition coefficient (Wildman–Crippen LogP) is 3.97. The van der Waals surface area contributed by atoms with Gasteiger partial charge in [0.25, 0.3) is 0 Å². The summed E-state index contributed by atoms with van der Waals surface area (Å²) in [5.41, 5.74) is 3.74. The molecule has 0 bridgehead atoms. The van der Waals surface area contributed by atoms with E-state index in [1.807, 2.05) is 6.07 Å². The van der Waals surface area contributed by atoms with Gasteiger partial charge in [-0.3, -0.25) is 9.69 Å². The van der Waals surface area contributed by atoms with Gasteiger partial charge in [0.15, 0.2) is 11.5 Å². The van der Waals surface area contributed by atoms with E-state index in [0.717, 1.165) is 31.0 Å². The Hall–Kier alpha value is -2.53. The molecular formula is C24H32N2O3. The molecule has 0 saturated heterocycles. The molecule has 1 heterocycles. The average Bonchev–Trinajstić information content (AvgIpc) is 2.72. The van der Waals surface area contributed by atoms with E-state index < -0.39 is 0 Å². The van der Waals surface area contributed by atoms with Gasteiger partial charge < -0.3 is 14.8 Å². The van der Waals surface area contributed by atoms with Crippen molar-refractivity contribution in [1.29, 1.82) is 0 Å². The number of ether oxygens (including phenoxy) is 2. The van der Waals surface area contributed by atoms with Crippen molar-refractivity contribution in [2.45, 2.75) is 39.3 Å². The molecule has 1 atom stereocenters. The summed E-state index contributed by atoms with van der Waals surface area (Å²) in [6, 6.07) is 14.7. The van der Waals surface area contributed by atoms with Gasteiger partial charge in [0, 0.05) is 26.1 Å². The fraction of sp³-hybridized carbons (Fsp3) is 0.458. The molecule has 1 N–H and O–H groups in total. The molecule has 2 aromatic rings. The van der Waals surface area contributed by atoms with Gasteiger partial charge in [-0.2, -0.15) is 0 Å². The van der Waals surface area contributed by atoms with Crippen molar-refractivity contribution in [2.24, 2.45) is 5.92 Å². The zero-order chi connectivity index (χ0) is 20.8. The van der Waals surface area contributed by atoms with Crippen LogP contribution in [0.3, 0.4) is 0 Å². The lowest BCUT2D eigenvalue weighted by Gasteiger charge is -2.38. The number of carbonyl (C=O) groups excluding carboxylic acids is 1. The Morgan fingerprint density at radius 1 is 1.14 bits per heavy atom. The van der Waals surface area contributed by atoms with Crippen LogP contribution in [0.4, 0.5) is 0 Å². The minimum atomic E-state index is 0.0925. The van der Waals surface area contributed by atoms with Crippen LogP contribution >= 0.6 is 0 Å². The molecule has 0 saturated carbocycles. The lowest BCUT2D eigenvalue weighted by Crippen LogP contribution is -2.42. The Balaban J connectivity index is 1.88. The second-order valence-electron chi connectivity index (χ2n) is 8.03. The quantitative estimate of drug-likeness (QED) is 0.734. The van der Waals surface area contributed by atoms with E-state index in [9.17, 15) is 4.79 Å². The van der Waals surface area contributed by atoms with Gasteiger partial charge >= 0.3 is 0 Å². The molecule has 0 aromatic heterocycles. The average molecular weight is 397 g/mol. The molecular weight excluding hydrogens is 364 g/mol. The molecule has 29 heavy (non-hydrogen) atoms. The summed E-state index contributed by atoms with van der Waals surface area (Å²) < 4.78 is 11.0. The van der Waals surface area contributed by atoms with E-state index in [4.69, 9.17) is 9.47 Å². The van der Waals surface area contributed by atoms with Gasteiger partial charge in [0.1, 0.15) is 0 Å². The van der Waals surface area contributed by atoms with Crippen molar-refractivity contribution in [1.82, 2.24) is 10.2 Å². The number of benzene rings is 2. The van der Waals surface area contributed by atoms with E-state index in [-0.39, 0.29) is 11.9 Å². The number of nitrogens with one attached hydrogen (secondary N) is 1. The van der Waals surface area contributed by atoms with Crippen LogP contribution < -0.4 is 14.8 Å². The van der Waals surface area contributed by atoms with E-state index >= 15 is 0 Å². The van der Waals surface area contributed by atoms with Crippen LogP contribution in [0, 0.1) is 5.92 Å². The molecule has 5 nitrogen and oxygen atoms in total. The monoisotopic (exact) mass is 396 g/mol. The highest BCUT2D eigenvalue weighted by molar-refractivity contribution is 5.76. The second kappa shape index (κ2) is 9.79. The Labute approximate surface area is 174 Å². The van der Waals surface area contributed by atoms with Crippen molar-refractivity contribution >= 4 is 5.91 Å². The van der Waals surface area contributed by atoms with E-state index in [0.29, 0.717) is 18.9 Å². The van der Waals surface area contributed by atoms with Gasteiger partial charge in [-0.1, -0.05) is 44.2 Å². The Bertz CT molecular complexity index is 820. The molecule has 0 aliphatic carbocycles. The largest absolute Gasteiger partial charge is 0.493 e. The molecule has 2 aromatic carbocycles. The van der Waals surface area contributed by atoms with Crippen LogP contribution in [-0.4, -0.2) is 38.1 Å². The first-order valence-electron chi connectivity index (χ1n) is 10.3. The first kappa shape index (κ1) is 21.2. The fourth-order valence-corrected chi connectivity index (χ4v) is 3.98. The zero-order valence-corrected chi connectivity index (χ0v) is 17.9. The predicted molar refractivity (Wildman–Crippen MR) is 115 cm³/mol. The molecule has 0 radical (unpaired) electrons. The molecule has 5 heteroatoms. The van der Waals surface area contributed by atoms with Crippen LogP contribution in [0.2, 0.25) is 0 Å². The Kier molecular flexibility index (Phi) is 7.15. The number of rotatable bonds is 8. The molecule has 3 rings (SSSR count). The van der Waals surface area contributed by atoms with Crippen molar-refractivity contribution < 1.29 is 14.3 Å². The first-order chi connectivity index (χ1) is 14.0. The third kappa shape index (κ3) is 5.30. The maximum atomic E-state index is 12.3. The number of hydrogen-bond acceptors (Lipinski definition) is 4. The van der Waals surface area contributed by atoms with Gasteiger partial charge in [0.05, 0.1) is 20.3 Å². The van der Waals surface area contributed by atoms with Crippen molar-refractivity contribution in [2.75, 3.05) is 27.3 Å². The highest BCUT2D eigenvalue weighted by atomic mass is 16.5. The summed E-state index contributed by atoms with van der Waals surface area (Å²) in [6.07, 6.45) is 1.49. The van der Waals surface area contributed by atoms with Gasteiger partial charge in [0.2, 0.25) is 5.91 Å². The minimum Gasteiger partial charge on any atom is -0.493 e. The second-order valence-corrected chi connectivity index (χ2v) is 8.03. The van der Waals surface area contributed by atoms with E-state index in [2.05, 4.69) is 60.5 Å². The highest BCUT2D eigenvalue weighted by Gasteiger charge is 2.29. The third-order valence-corrected chi connectivity index (χ3v) is 5.43. The normalized spacial score (nSPS) is 16.4. The maximum absolute atomic E-state index is 12.3. The van der Waals surface area contributed by atoms with Crippen LogP contribution in [0.15, 0.2) is 42.5 Å². The SMILES string of the molecule is COc1cc2c(cc1OC)[C@H](CNC(=O)CC(C)C)N(Cc1ccccc1)CC2.